The van der Waals surface area contributed by atoms with Crippen molar-refractivity contribution in [2.75, 3.05) is 13.1 Å². The molecule has 2 N–H and O–H groups in total. The molecule has 2 aromatic heterocycles. The molecule has 1 aliphatic heterocycles. The molecule has 7 heteroatoms. The van der Waals surface area contributed by atoms with Crippen LogP contribution in [0.3, 0.4) is 0 Å². The highest BCUT2D eigenvalue weighted by Gasteiger charge is 2.31. The highest BCUT2D eigenvalue weighted by Crippen LogP contribution is 2.41. The molecule has 0 unspecified atom stereocenters. The molecular formula is C20H26N4O2S. The number of hydrogen-bond donors (Lipinski definition) is 2. The van der Waals surface area contributed by atoms with E-state index >= 15 is 0 Å². The minimum absolute atomic E-state index is 0.0625. The van der Waals surface area contributed by atoms with Gasteiger partial charge in [-0.15, -0.1) is 5.10 Å². The molecule has 27 heavy (non-hydrogen) atoms. The maximum absolute atomic E-state index is 10.9. The molecule has 6 nitrogen and oxygen atoms in total. The molecule has 0 spiro atoms. The number of aromatic nitrogens is 3. The van der Waals surface area contributed by atoms with Gasteiger partial charge in [0.05, 0.1) is 17.0 Å². The average molecular weight is 387 g/mol. The summed E-state index contributed by atoms with van der Waals surface area (Å²) in [4.78, 5) is 8.33. The van der Waals surface area contributed by atoms with Crippen LogP contribution in [0.2, 0.25) is 0 Å². The first-order valence-electron chi connectivity index (χ1n) is 9.51. The van der Waals surface area contributed by atoms with Crippen LogP contribution >= 0.6 is 11.3 Å². The largest absolute Gasteiger partial charge is 0.492 e. The third-order valence-corrected chi connectivity index (χ3v) is 6.41. The molecule has 1 aliphatic rings. The minimum atomic E-state index is -0.233. The number of aryl methyl sites for hydroxylation is 1. The first-order chi connectivity index (χ1) is 12.9. The molecular weight excluding hydrogens is 360 g/mol. The van der Waals surface area contributed by atoms with E-state index in [1.165, 1.54) is 21.4 Å². The van der Waals surface area contributed by atoms with Gasteiger partial charge in [-0.1, -0.05) is 49.4 Å². The summed E-state index contributed by atoms with van der Waals surface area (Å²) < 4.78 is 1.53. The summed E-state index contributed by atoms with van der Waals surface area (Å²) in [5.74, 6) is 1.30. The van der Waals surface area contributed by atoms with Crippen LogP contribution in [0.1, 0.15) is 60.5 Å². The molecule has 3 heterocycles. The van der Waals surface area contributed by atoms with Gasteiger partial charge in [0.25, 0.3) is 0 Å². The van der Waals surface area contributed by atoms with E-state index < -0.39 is 0 Å². The summed E-state index contributed by atoms with van der Waals surface area (Å²) in [5.41, 5.74) is 2.45. The molecule has 144 valence electrons. The lowest BCUT2D eigenvalue weighted by molar-refractivity contribution is 0.0689. The van der Waals surface area contributed by atoms with Crippen molar-refractivity contribution in [3.05, 3.63) is 46.1 Å². The Morgan fingerprint density at radius 3 is 2.33 bits per heavy atom. The van der Waals surface area contributed by atoms with Gasteiger partial charge in [-0.3, -0.25) is 4.90 Å². The van der Waals surface area contributed by atoms with Crippen LogP contribution < -0.4 is 0 Å². The van der Waals surface area contributed by atoms with Crippen LogP contribution in [0.15, 0.2) is 24.3 Å². The molecule has 4 rings (SSSR count). The average Bonchev–Trinajstić information content (AvgIpc) is 3.15. The van der Waals surface area contributed by atoms with Gasteiger partial charge in [-0.2, -0.15) is 4.52 Å². The second-order valence-electron chi connectivity index (χ2n) is 7.63. The zero-order valence-electron chi connectivity index (χ0n) is 16.0. The second-order valence-corrected chi connectivity index (χ2v) is 8.64. The number of aromatic hydroxyl groups is 1. The van der Waals surface area contributed by atoms with E-state index in [0.29, 0.717) is 16.7 Å². The van der Waals surface area contributed by atoms with Gasteiger partial charge in [-0.25, -0.2) is 4.98 Å². The fourth-order valence-corrected chi connectivity index (χ4v) is 4.92. The Balaban J connectivity index is 1.77. The van der Waals surface area contributed by atoms with E-state index in [1.54, 1.807) is 0 Å². The maximum Gasteiger partial charge on any atom is 0.230 e. The first kappa shape index (κ1) is 18.4. The smallest absolute Gasteiger partial charge is 0.230 e. The van der Waals surface area contributed by atoms with Gasteiger partial charge in [0.1, 0.15) is 5.82 Å². The number of aliphatic hydroxyl groups is 1. The fourth-order valence-electron chi connectivity index (χ4n) is 3.76. The van der Waals surface area contributed by atoms with E-state index in [-0.39, 0.29) is 18.0 Å². The van der Waals surface area contributed by atoms with Crippen molar-refractivity contribution < 1.29 is 10.2 Å². The molecule has 3 aromatic rings. The first-order valence-corrected chi connectivity index (χ1v) is 10.3. The Bertz CT molecular complexity index is 924. The number of hydrogen-bond acceptors (Lipinski definition) is 6. The van der Waals surface area contributed by atoms with Gasteiger partial charge < -0.3 is 10.2 Å². The summed E-state index contributed by atoms with van der Waals surface area (Å²) in [5, 5.41) is 25.1. The zero-order chi connectivity index (χ0) is 19.1. The Morgan fingerprint density at radius 1 is 1.11 bits per heavy atom. The number of nitrogens with zero attached hydrogens (tertiary/aromatic N) is 4. The van der Waals surface area contributed by atoms with Crippen molar-refractivity contribution in [3.63, 3.8) is 0 Å². The Morgan fingerprint density at radius 2 is 1.74 bits per heavy atom. The number of rotatable bonds is 4. The van der Waals surface area contributed by atoms with E-state index in [4.69, 9.17) is 0 Å². The number of likely N-dealkylation sites (tertiary alicyclic amines) is 1. The Labute approximate surface area is 163 Å². The van der Waals surface area contributed by atoms with Crippen LogP contribution in [-0.4, -0.2) is 48.9 Å². The van der Waals surface area contributed by atoms with E-state index in [0.717, 1.165) is 36.4 Å². The number of thiazole rings is 1. The van der Waals surface area contributed by atoms with Gasteiger partial charge in [0.15, 0.2) is 0 Å². The molecule has 0 saturated carbocycles. The van der Waals surface area contributed by atoms with Gasteiger partial charge in [0, 0.05) is 13.1 Å². The summed E-state index contributed by atoms with van der Waals surface area (Å²) in [6.07, 6.45) is 1.27. The second kappa shape index (κ2) is 7.22. The van der Waals surface area contributed by atoms with Crippen molar-refractivity contribution >= 4 is 16.3 Å². The standard InChI is InChI=1S/C20H26N4O2S/c1-12(2)14-4-6-15(7-5-14)17(23-10-8-16(25)9-11-23)18-19(26)24-20(27-18)21-13(3)22-24/h4-7,12,16-17,25-26H,8-11H2,1-3H3/t17-/m1/s1. The lowest BCUT2D eigenvalue weighted by Crippen LogP contribution is -2.38. The number of fused-ring (bicyclic) bond motifs is 1. The summed E-state index contributed by atoms with van der Waals surface area (Å²) in [7, 11) is 0. The van der Waals surface area contributed by atoms with Crippen molar-refractivity contribution in [1.82, 2.24) is 19.5 Å². The number of benzene rings is 1. The molecule has 0 aliphatic carbocycles. The highest BCUT2D eigenvalue weighted by atomic mass is 32.1. The Hall–Kier alpha value is -1.96. The Kier molecular flexibility index (Phi) is 4.92. The normalized spacial score (nSPS) is 17.8. The fraction of sp³-hybridized carbons (Fsp3) is 0.500. The molecule has 0 bridgehead atoms. The number of piperidine rings is 1. The molecule has 1 atom stereocenters. The van der Waals surface area contributed by atoms with E-state index in [1.807, 2.05) is 6.92 Å². The molecule has 0 amide bonds. The van der Waals surface area contributed by atoms with Gasteiger partial charge >= 0.3 is 0 Å². The third kappa shape index (κ3) is 3.47. The maximum atomic E-state index is 10.9. The third-order valence-electron chi connectivity index (χ3n) is 5.34. The molecule has 0 radical (unpaired) electrons. The highest BCUT2D eigenvalue weighted by molar-refractivity contribution is 7.17. The van der Waals surface area contributed by atoms with Crippen molar-refractivity contribution in [2.24, 2.45) is 0 Å². The summed E-state index contributed by atoms with van der Waals surface area (Å²) in [6.45, 7) is 7.79. The van der Waals surface area contributed by atoms with Crippen molar-refractivity contribution in [1.29, 1.82) is 0 Å². The van der Waals surface area contributed by atoms with E-state index in [2.05, 4.69) is 53.1 Å². The monoisotopic (exact) mass is 386 g/mol. The molecule has 1 fully saturated rings. The molecule has 1 saturated heterocycles. The van der Waals surface area contributed by atoms with Crippen LogP contribution in [-0.2, 0) is 0 Å². The van der Waals surface area contributed by atoms with Crippen LogP contribution in [0, 0.1) is 6.92 Å². The quantitative estimate of drug-likeness (QED) is 0.718. The minimum Gasteiger partial charge on any atom is -0.492 e. The zero-order valence-corrected chi connectivity index (χ0v) is 16.8. The van der Waals surface area contributed by atoms with Crippen LogP contribution in [0.4, 0.5) is 0 Å². The lowest BCUT2D eigenvalue weighted by atomic mass is 9.96. The lowest BCUT2D eigenvalue weighted by Gasteiger charge is -2.36. The summed E-state index contributed by atoms with van der Waals surface area (Å²) in [6, 6.07) is 8.60. The van der Waals surface area contributed by atoms with Crippen molar-refractivity contribution in [2.45, 2.75) is 51.7 Å². The van der Waals surface area contributed by atoms with E-state index in [9.17, 15) is 10.2 Å². The molecule has 1 aromatic carbocycles. The van der Waals surface area contributed by atoms with Crippen LogP contribution in [0.25, 0.3) is 4.96 Å². The predicted molar refractivity (Wildman–Crippen MR) is 106 cm³/mol. The summed E-state index contributed by atoms with van der Waals surface area (Å²) >= 11 is 1.49. The van der Waals surface area contributed by atoms with Gasteiger partial charge in [0.2, 0.25) is 10.8 Å². The van der Waals surface area contributed by atoms with Crippen molar-refractivity contribution in [3.8, 4) is 5.88 Å². The SMILES string of the molecule is Cc1nc2sc([C@@H](c3ccc(C(C)C)cc3)N3CCC(O)CC3)c(O)n2n1. The topological polar surface area (TPSA) is 73.9 Å². The van der Waals surface area contributed by atoms with Gasteiger partial charge in [-0.05, 0) is 36.8 Å². The predicted octanol–water partition coefficient (Wildman–Crippen LogP) is 3.47. The van der Waals surface area contributed by atoms with Crippen LogP contribution in [0.5, 0.6) is 5.88 Å². The number of aliphatic hydroxyl groups excluding tert-OH is 1.